The third kappa shape index (κ3) is 12.4. The summed E-state index contributed by atoms with van der Waals surface area (Å²) < 4.78 is 11.6. The number of cyclic esters (lactones) is 1. The van der Waals surface area contributed by atoms with E-state index in [1.807, 2.05) is 30.3 Å². The van der Waals surface area contributed by atoms with Crippen molar-refractivity contribution in [2.45, 2.75) is 128 Å². The number of unbranched alkanes of at least 4 members (excludes halogenated alkanes) is 8. The van der Waals surface area contributed by atoms with Crippen LogP contribution in [-0.4, -0.2) is 48.5 Å². The second kappa shape index (κ2) is 19.4. The van der Waals surface area contributed by atoms with Gasteiger partial charge in [-0.3, -0.25) is 9.59 Å². The second-order valence-electron chi connectivity index (χ2n) is 11.0. The molecule has 1 fully saturated rings. The van der Waals surface area contributed by atoms with Crippen LogP contribution in [0.4, 0.5) is 0 Å². The molecule has 0 radical (unpaired) electrons. The van der Waals surface area contributed by atoms with E-state index < -0.39 is 12.0 Å². The van der Waals surface area contributed by atoms with Gasteiger partial charge in [-0.1, -0.05) is 108 Å². The number of hydrogen-bond acceptors (Lipinski definition) is 5. The SMILES string of the molecule is CCCCCCCC=CCC[C@@H](C[C@@H]1OC(=O)[C@H]1CCCCCC)OC(=O)[C@H](Cc1ccccc1)N(C)C=O. The fourth-order valence-corrected chi connectivity index (χ4v) is 5.12. The van der Waals surface area contributed by atoms with Crippen LogP contribution < -0.4 is 0 Å². The lowest BCUT2D eigenvalue weighted by atomic mass is 9.86. The van der Waals surface area contributed by atoms with Crippen molar-refractivity contribution in [1.82, 2.24) is 4.90 Å². The molecular weight excluding hydrogens is 490 g/mol. The summed E-state index contributed by atoms with van der Waals surface area (Å²) >= 11 is 0. The van der Waals surface area contributed by atoms with Crippen LogP contribution >= 0.6 is 0 Å². The molecular formula is C33H51NO5. The van der Waals surface area contributed by atoms with Gasteiger partial charge >= 0.3 is 11.9 Å². The first-order chi connectivity index (χ1) is 19.0. The third-order valence-electron chi connectivity index (χ3n) is 7.66. The van der Waals surface area contributed by atoms with Crippen molar-refractivity contribution >= 4 is 18.3 Å². The summed E-state index contributed by atoms with van der Waals surface area (Å²) in [6.07, 6.45) is 19.5. The van der Waals surface area contributed by atoms with Crippen molar-refractivity contribution in [3.8, 4) is 0 Å². The molecule has 1 aromatic rings. The molecule has 1 saturated heterocycles. The van der Waals surface area contributed by atoms with E-state index >= 15 is 0 Å². The molecule has 39 heavy (non-hydrogen) atoms. The molecule has 4 atom stereocenters. The number of allylic oxidation sites excluding steroid dienone is 2. The highest BCUT2D eigenvalue weighted by Gasteiger charge is 2.43. The first kappa shape index (κ1) is 32.6. The number of benzene rings is 1. The molecule has 0 saturated carbocycles. The van der Waals surface area contributed by atoms with Gasteiger partial charge in [-0.15, -0.1) is 0 Å². The zero-order valence-electron chi connectivity index (χ0n) is 24.5. The van der Waals surface area contributed by atoms with E-state index in [2.05, 4.69) is 26.0 Å². The molecule has 0 aromatic heterocycles. The van der Waals surface area contributed by atoms with Gasteiger partial charge in [0.15, 0.2) is 0 Å². The number of esters is 2. The van der Waals surface area contributed by atoms with Gasteiger partial charge < -0.3 is 14.4 Å². The quantitative estimate of drug-likeness (QED) is 0.0672. The summed E-state index contributed by atoms with van der Waals surface area (Å²) in [5.74, 6) is -0.657. The normalized spacial score (nSPS) is 18.3. The summed E-state index contributed by atoms with van der Waals surface area (Å²) in [5, 5.41) is 0. The average molecular weight is 542 g/mol. The molecule has 1 aliphatic heterocycles. The molecule has 6 nitrogen and oxygen atoms in total. The smallest absolute Gasteiger partial charge is 0.329 e. The summed E-state index contributed by atoms with van der Waals surface area (Å²) in [6.45, 7) is 4.40. The summed E-state index contributed by atoms with van der Waals surface area (Å²) in [6, 6.07) is 8.95. The van der Waals surface area contributed by atoms with E-state index in [1.54, 1.807) is 7.05 Å². The zero-order valence-corrected chi connectivity index (χ0v) is 24.5. The Labute approximate surface area is 236 Å². The number of carbonyl (C=O) groups excluding carboxylic acids is 3. The van der Waals surface area contributed by atoms with Gasteiger partial charge in [-0.25, -0.2) is 4.79 Å². The molecule has 1 amide bonds. The topological polar surface area (TPSA) is 72.9 Å². The number of amides is 1. The number of likely N-dealkylation sites (N-methyl/N-ethyl adjacent to an activating group) is 1. The van der Waals surface area contributed by atoms with Crippen LogP contribution in [0.1, 0.15) is 109 Å². The average Bonchev–Trinajstić information content (AvgIpc) is 2.94. The lowest BCUT2D eigenvalue weighted by molar-refractivity contribution is -0.190. The van der Waals surface area contributed by atoms with Crippen LogP contribution in [0.15, 0.2) is 42.5 Å². The van der Waals surface area contributed by atoms with Gasteiger partial charge in [-0.2, -0.15) is 0 Å². The lowest BCUT2D eigenvalue weighted by Gasteiger charge is -2.37. The highest BCUT2D eigenvalue weighted by molar-refractivity contribution is 5.79. The van der Waals surface area contributed by atoms with Crippen LogP contribution in [0.3, 0.4) is 0 Å². The number of hydrogen-bond donors (Lipinski definition) is 0. The molecule has 2 rings (SSSR count). The van der Waals surface area contributed by atoms with Gasteiger partial charge in [0.1, 0.15) is 18.2 Å². The fourth-order valence-electron chi connectivity index (χ4n) is 5.12. The van der Waals surface area contributed by atoms with Crippen LogP contribution in [0, 0.1) is 5.92 Å². The molecule has 218 valence electrons. The first-order valence-corrected chi connectivity index (χ1v) is 15.3. The third-order valence-corrected chi connectivity index (χ3v) is 7.66. The maximum absolute atomic E-state index is 13.3. The van der Waals surface area contributed by atoms with Crippen molar-refractivity contribution in [2.24, 2.45) is 5.92 Å². The Morgan fingerprint density at radius 2 is 1.64 bits per heavy atom. The van der Waals surface area contributed by atoms with Crippen LogP contribution in [0.25, 0.3) is 0 Å². The van der Waals surface area contributed by atoms with Gasteiger partial charge in [-0.05, 0) is 37.7 Å². The Kier molecular flexibility index (Phi) is 16.2. The molecule has 1 aromatic carbocycles. The summed E-state index contributed by atoms with van der Waals surface area (Å²) in [4.78, 5) is 38.5. The van der Waals surface area contributed by atoms with Gasteiger partial charge in [0.05, 0.1) is 5.92 Å². The molecule has 0 spiro atoms. The minimum Gasteiger partial charge on any atom is -0.461 e. The predicted molar refractivity (Wildman–Crippen MR) is 156 cm³/mol. The highest BCUT2D eigenvalue weighted by atomic mass is 16.6. The Morgan fingerprint density at radius 3 is 2.31 bits per heavy atom. The van der Waals surface area contributed by atoms with E-state index in [-0.39, 0.29) is 24.1 Å². The van der Waals surface area contributed by atoms with Crippen molar-refractivity contribution in [2.75, 3.05) is 7.05 Å². The molecule has 6 heteroatoms. The van der Waals surface area contributed by atoms with Crippen molar-refractivity contribution in [1.29, 1.82) is 0 Å². The minimum absolute atomic E-state index is 0.112. The van der Waals surface area contributed by atoms with Gasteiger partial charge in [0, 0.05) is 19.9 Å². The molecule has 0 unspecified atom stereocenters. The fraction of sp³-hybridized carbons (Fsp3) is 0.667. The predicted octanol–water partition coefficient (Wildman–Crippen LogP) is 7.20. The van der Waals surface area contributed by atoms with E-state index in [0.29, 0.717) is 25.7 Å². The highest BCUT2D eigenvalue weighted by Crippen LogP contribution is 2.32. The number of ether oxygens (including phenoxy) is 2. The van der Waals surface area contributed by atoms with Crippen molar-refractivity contribution in [3.05, 3.63) is 48.0 Å². The first-order valence-electron chi connectivity index (χ1n) is 15.3. The number of rotatable bonds is 22. The van der Waals surface area contributed by atoms with Crippen LogP contribution in [0.5, 0.6) is 0 Å². The lowest BCUT2D eigenvalue weighted by Crippen LogP contribution is -2.48. The maximum atomic E-state index is 13.3. The Bertz CT molecular complexity index is 855. The van der Waals surface area contributed by atoms with E-state index in [1.165, 1.54) is 43.4 Å². The second-order valence-corrected chi connectivity index (χ2v) is 11.0. The Morgan fingerprint density at radius 1 is 0.974 bits per heavy atom. The van der Waals surface area contributed by atoms with Crippen molar-refractivity contribution < 1.29 is 23.9 Å². The van der Waals surface area contributed by atoms with E-state index in [4.69, 9.17) is 9.47 Å². The Hall–Kier alpha value is -2.63. The number of carbonyl (C=O) groups is 3. The van der Waals surface area contributed by atoms with Crippen LogP contribution in [-0.2, 0) is 30.3 Å². The molecule has 1 aliphatic rings. The molecule has 0 bridgehead atoms. The number of nitrogens with zero attached hydrogens (tertiary/aromatic N) is 1. The van der Waals surface area contributed by atoms with E-state index in [0.717, 1.165) is 44.1 Å². The Balaban J connectivity index is 1.99. The standard InChI is InChI=1S/C33H51NO5/c1-4-6-8-10-11-12-13-14-18-22-28(25-31-29(32(36)39-31)23-19-9-7-5-2)38-33(37)30(34(3)26-35)24-27-20-16-15-17-21-27/h13-17,20-21,26,28-31H,4-12,18-19,22-25H2,1-3H3/t28-,29-,30-,31-/m0/s1. The monoisotopic (exact) mass is 541 g/mol. The summed E-state index contributed by atoms with van der Waals surface area (Å²) in [5.41, 5.74) is 0.964. The maximum Gasteiger partial charge on any atom is 0.329 e. The minimum atomic E-state index is -0.708. The largest absolute Gasteiger partial charge is 0.461 e. The van der Waals surface area contributed by atoms with E-state index in [9.17, 15) is 14.4 Å². The van der Waals surface area contributed by atoms with Crippen LogP contribution in [0.2, 0.25) is 0 Å². The summed E-state index contributed by atoms with van der Waals surface area (Å²) in [7, 11) is 1.61. The van der Waals surface area contributed by atoms with Gasteiger partial charge in [0.2, 0.25) is 6.41 Å². The zero-order chi connectivity index (χ0) is 28.3. The molecule has 0 aliphatic carbocycles. The molecule has 0 N–H and O–H groups in total. The molecule has 1 heterocycles. The van der Waals surface area contributed by atoms with Crippen molar-refractivity contribution in [3.63, 3.8) is 0 Å². The van der Waals surface area contributed by atoms with Gasteiger partial charge in [0.25, 0.3) is 0 Å².